The Labute approximate surface area is 196 Å². The Morgan fingerprint density at radius 3 is 2.17 bits per heavy atom. The number of ether oxygens (including phenoxy) is 1. The second kappa shape index (κ2) is 13.3. The molecule has 0 atom stereocenters. The molecule has 0 aliphatic rings. The standard InChI is InChI=1S/C22H30O5S.Na/c1-2-3-4-5-6-7-8-9-12-18-13-10-11-14-21(18)27-19-15-16-22(20(23)17-19)28(24,25)26;/h10-11,13-17,23H,2-9,12H2,1H3,(H,24,25,26);/q;+1/p-1. The van der Waals surface area contributed by atoms with Crippen LogP contribution in [0.3, 0.4) is 0 Å². The summed E-state index contributed by atoms with van der Waals surface area (Å²) in [5, 5.41) is 11.9. The van der Waals surface area contributed by atoms with Gasteiger partial charge in [-0.2, -0.15) is 8.42 Å². The summed E-state index contributed by atoms with van der Waals surface area (Å²) < 4.78 is 37.1. The fourth-order valence-electron chi connectivity index (χ4n) is 3.15. The van der Waals surface area contributed by atoms with Gasteiger partial charge in [0.2, 0.25) is 0 Å². The van der Waals surface area contributed by atoms with Gasteiger partial charge >= 0.3 is 29.6 Å². The molecule has 0 heterocycles. The maximum Gasteiger partial charge on any atom is 1.00 e. The first kappa shape index (κ1) is 26.0. The van der Waals surface area contributed by atoms with Crippen molar-refractivity contribution in [1.82, 2.24) is 0 Å². The Kier molecular flexibility index (Phi) is 11.9. The molecule has 0 bridgehead atoms. The van der Waals surface area contributed by atoms with Crippen molar-refractivity contribution in [2.75, 3.05) is 0 Å². The van der Waals surface area contributed by atoms with E-state index in [2.05, 4.69) is 6.92 Å². The topological polar surface area (TPSA) is 86.7 Å². The molecule has 154 valence electrons. The summed E-state index contributed by atoms with van der Waals surface area (Å²) in [5.41, 5.74) is 1.06. The third-order valence-corrected chi connectivity index (χ3v) is 5.59. The second-order valence-electron chi connectivity index (χ2n) is 7.02. The molecular formula is C22H29NaO5S. The molecule has 0 aliphatic carbocycles. The van der Waals surface area contributed by atoms with Gasteiger partial charge in [-0.15, -0.1) is 0 Å². The Morgan fingerprint density at radius 1 is 0.931 bits per heavy atom. The molecule has 2 aromatic rings. The van der Waals surface area contributed by atoms with Crippen molar-refractivity contribution in [3.05, 3.63) is 48.0 Å². The molecule has 29 heavy (non-hydrogen) atoms. The second-order valence-corrected chi connectivity index (χ2v) is 8.41. The predicted octanol–water partition coefficient (Wildman–Crippen LogP) is 2.49. The van der Waals surface area contributed by atoms with E-state index >= 15 is 0 Å². The Hall–Kier alpha value is -1.05. The van der Waals surface area contributed by atoms with Crippen LogP contribution < -0.4 is 39.4 Å². The Morgan fingerprint density at radius 2 is 1.55 bits per heavy atom. The molecule has 0 aliphatic heterocycles. The number of benzene rings is 2. The molecule has 1 N–H and O–H groups in total. The van der Waals surface area contributed by atoms with Crippen LogP contribution >= 0.6 is 0 Å². The molecule has 2 rings (SSSR count). The Bertz CT molecular complexity index is 852. The van der Waals surface area contributed by atoms with Gasteiger partial charge in [0.25, 0.3) is 10.1 Å². The fourth-order valence-corrected chi connectivity index (χ4v) is 3.70. The first-order chi connectivity index (χ1) is 13.4. The molecule has 0 fully saturated rings. The third kappa shape index (κ3) is 9.09. The number of para-hydroxylation sites is 1. The van der Waals surface area contributed by atoms with Crippen molar-refractivity contribution in [2.24, 2.45) is 0 Å². The van der Waals surface area contributed by atoms with Crippen molar-refractivity contribution in [3.63, 3.8) is 0 Å². The zero-order valence-corrected chi connectivity index (χ0v) is 20.2. The molecule has 7 heteroatoms. The quantitative estimate of drug-likeness (QED) is 0.319. The Balaban J connectivity index is 0.00000420. The third-order valence-electron chi connectivity index (χ3n) is 4.69. The van der Waals surface area contributed by atoms with Crippen LogP contribution in [-0.2, 0) is 16.5 Å². The van der Waals surface area contributed by atoms with Crippen LogP contribution in [0.25, 0.3) is 0 Å². The number of unbranched alkanes of at least 4 members (excludes halogenated alkanes) is 7. The van der Waals surface area contributed by atoms with Gasteiger partial charge in [0, 0.05) is 0 Å². The molecule has 0 aromatic heterocycles. The smallest absolute Gasteiger partial charge is 0.871 e. The maximum absolute atomic E-state index is 11.9. The number of hydrogen-bond donors (Lipinski definition) is 1. The summed E-state index contributed by atoms with van der Waals surface area (Å²) in [7, 11) is -4.52. The zero-order valence-electron chi connectivity index (χ0n) is 17.4. The van der Waals surface area contributed by atoms with Crippen molar-refractivity contribution >= 4 is 10.1 Å². The minimum atomic E-state index is -4.52. The van der Waals surface area contributed by atoms with Gasteiger partial charge in [0.15, 0.2) is 0 Å². The molecule has 0 saturated carbocycles. The normalized spacial score (nSPS) is 11.1. The van der Waals surface area contributed by atoms with Crippen LogP contribution in [0.2, 0.25) is 0 Å². The van der Waals surface area contributed by atoms with Crippen LogP contribution in [0.1, 0.15) is 63.9 Å². The van der Waals surface area contributed by atoms with E-state index in [1.165, 1.54) is 51.0 Å². The maximum atomic E-state index is 11.9. The van der Waals surface area contributed by atoms with E-state index in [1.807, 2.05) is 24.3 Å². The van der Waals surface area contributed by atoms with E-state index in [9.17, 15) is 13.5 Å². The molecule has 0 amide bonds. The molecule has 0 saturated heterocycles. The van der Waals surface area contributed by atoms with Crippen molar-refractivity contribution < 1.29 is 52.4 Å². The predicted molar refractivity (Wildman–Crippen MR) is 109 cm³/mol. The van der Waals surface area contributed by atoms with Gasteiger partial charge in [-0.3, -0.25) is 4.55 Å². The van der Waals surface area contributed by atoms with Gasteiger partial charge in [0.05, 0.1) is 4.90 Å². The largest absolute Gasteiger partial charge is 1.00 e. The summed E-state index contributed by atoms with van der Waals surface area (Å²) in [6.45, 7) is 2.22. The molecule has 5 nitrogen and oxygen atoms in total. The molecule has 0 spiro atoms. The van der Waals surface area contributed by atoms with Crippen molar-refractivity contribution in [3.8, 4) is 17.2 Å². The van der Waals surface area contributed by atoms with Gasteiger partial charge in [-0.1, -0.05) is 75.8 Å². The number of hydrogen-bond acceptors (Lipinski definition) is 4. The van der Waals surface area contributed by atoms with E-state index < -0.39 is 20.8 Å². The van der Waals surface area contributed by atoms with E-state index in [4.69, 9.17) is 9.29 Å². The van der Waals surface area contributed by atoms with E-state index in [1.54, 1.807) is 0 Å². The van der Waals surface area contributed by atoms with Gasteiger partial charge in [0.1, 0.15) is 11.5 Å². The molecule has 0 unspecified atom stereocenters. The fraction of sp³-hybridized carbons (Fsp3) is 0.455. The summed E-state index contributed by atoms with van der Waals surface area (Å²) >= 11 is 0. The summed E-state index contributed by atoms with van der Waals surface area (Å²) in [6.07, 6.45) is 10.9. The van der Waals surface area contributed by atoms with Crippen molar-refractivity contribution in [2.45, 2.75) is 69.6 Å². The average molecular weight is 429 g/mol. The molecule has 2 aromatic carbocycles. The number of rotatable bonds is 12. The van der Waals surface area contributed by atoms with Crippen LogP contribution in [-0.4, -0.2) is 13.0 Å². The van der Waals surface area contributed by atoms with Crippen LogP contribution in [0.5, 0.6) is 17.2 Å². The summed E-state index contributed by atoms with van der Waals surface area (Å²) in [4.78, 5) is -0.646. The van der Waals surface area contributed by atoms with Gasteiger partial charge in [-0.05, 0) is 42.7 Å². The minimum absolute atomic E-state index is 0. The summed E-state index contributed by atoms with van der Waals surface area (Å²) in [5.74, 6) is 0.116. The monoisotopic (exact) mass is 428 g/mol. The van der Waals surface area contributed by atoms with Gasteiger partial charge < -0.3 is 9.84 Å². The number of aryl methyl sites for hydroxylation is 1. The first-order valence-electron chi connectivity index (χ1n) is 9.96. The van der Waals surface area contributed by atoms with Gasteiger partial charge in [-0.25, -0.2) is 0 Å². The van der Waals surface area contributed by atoms with E-state index in [0.29, 0.717) is 5.75 Å². The molecular weight excluding hydrogens is 399 g/mol. The van der Waals surface area contributed by atoms with Crippen molar-refractivity contribution in [1.29, 1.82) is 0 Å². The van der Waals surface area contributed by atoms with E-state index in [0.717, 1.165) is 30.5 Å². The van der Waals surface area contributed by atoms with Crippen LogP contribution in [0, 0.1) is 0 Å². The SMILES string of the molecule is CCCCCCCCCCc1ccccc1Oc1ccc(S(=O)(=O)O)c([O-])c1.[Na+]. The summed E-state index contributed by atoms with van der Waals surface area (Å²) in [6, 6.07) is 11.2. The first-order valence-corrected chi connectivity index (χ1v) is 11.4. The van der Waals surface area contributed by atoms with Crippen LogP contribution in [0.4, 0.5) is 0 Å². The zero-order chi connectivity index (χ0) is 20.4. The van der Waals surface area contributed by atoms with E-state index in [-0.39, 0.29) is 35.3 Å². The van der Waals surface area contributed by atoms with Crippen LogP contribution in [0.15, 0.2) is 47.4 Å². The molecule has 0 radical (unpaired) electrons. The minimum Gasteiger partial charge on any atom is -0.871 e. The average Bonchev–Trinajstić information content (AvgIpc) is 2.64.